The monoisotopic (exact) mass is 350 g/mol. The van der Waals surface area contributed by atoms with Gasteiger partial charge in [0.2, 0.25) is 0 Å². The standard InChI is InChI=1S/C22H30N4/c1-3-7-20(8-4-1)22(21-9-5-2-6-10-21)19-24-12-15-25-14-11-23-13-16-26(22)18-17-25/h1-10,23-24H,11-19H2. The van der Waals surface area contributed by atoms with Gasteiger partial charge in [0.05, 0.1) is 5.54 Å². The molecule has 2 heterocycles. The number of nitrogens with one attached hydrogen (secondary N) is 2. The van der Waals surface area contributed by atoms with E-state index in [9.17, 15) is 0 Å². The highest BCUT2D eigenvalue weighted by Gasteiger charge is 2.40. The quantitative estimate of drug-likeness (QED) is 0.864. The van der Waals surface area contributed by atoms with Crippen LogP contribution in [0.2, 0.25) is 0 Å². The van der Waals surface area contributed by atoms with Crippen molar-refractivity contribution >= 4 is 0 Å². The van der Waals surface area contributed by atoms with Crippen LogP contribution in [0.15, 0.2) is 60.7 Å². The predicted octanol–water partition coefficient (Wildman–Crippen LogP) is 1.74. The highest BCUT2D eigenvalue weighted by Crippen LogP contribution is 2.36. The van der Waals surface area contributed by atoms with Crippen LogP contribution in [0.3, 0.4) is 0 Å². The first-order chi connectivity index (χ1) is 12.9. The molecule has 0 radical (unpaired) electrons. The van der Waals surface area contributed by atoms with E-state index in [-0.39, 0.29) is 5.54 Å². The summed E-state index contributed by atoms with van der Waals surface area (Å²) >= 11 is 0. The molecule has 0 aromatic heterocycles. The lowest BCUT2D eigenvalue weighted by Gasteiger charge is -2.45. The van der Waals surface area contributed by atoms with E-state index >= 15 is 0 Å². The zero-order valence-corrected chi connectivity index (χ0v) is 15.5. The molecule has 4 nitrogen and oxygen atoms in total. The van der Waals surface area contributed by atoms with Crippen molar-refractivity contribution in [3.8, 4) is 0 Å². The molecule has 0 aliphatic carbocycles. The first-order valence-corrected chi connectivity index (χ1v) is 9.89. The van der Waals surface area contributed by atoms with Gasteiger partial charge in [-0.05, 0) is 11.1 Å². The Morgan fingerprint density at radius 3 is 1.85 bits per heavy atom. The Kier molecular flexibility index (Phi) is 5.65. The van der Waals surface area contributed by atoms with E-state index < -0.39 is 0 Å². The Balaban J connectivity index is 1.83. The largest absolute Gasteiger partial charge is 0.314 e. The summed E-state index contributed by atoms with van der Waals surface area (Å²) in [5, 5.41) is 7.43. The summed E-state index contributed by atoms with van der Waals surface area (Å²) in [6, 6.07) is 22.1. The first-order valence-electron chi connectivity index (χ1n) is 9.89. The summed E-state index contributed by atoms with van der Waals surface area (Å²) < 4.78 is 0. The van der Waals surface area contributed by atoms with E-state index in [2.05, 4.69) is 81.1 Å². The van der Waals surface area contributed by atoms with Crippen molar-refractivity contribution in [2.75, 3.05) is 58.9 Å². The van der Waals surface area contributed by atoms with E-state index in [1.165, 1.54) is 11.1 Å². The normalized spacial score (nSPS) is 26.6. The molecule has 2 aromatic rings. The third kappa shape index (κ3) is 3.55. The summed E-state index contributed by atoms with van der Waals surface area (Å²) in [7, 11) is 0. The van der Waals surface area contributed by atoms with E-state index in [0.29, 0.717) is 0 Å². The molecule has 0 amide bonds. The molecule has 2 unspecified atom stereocenters. The second-order valence-electron chi connectivity index (χ2n) is 7.35. The van der Waals surface area contributed by atoms with Gasteiger partial charge < -0.3 is 10.6 Å². The number of fused-ring (bicyclic) bond motifs is 3. The van der Waals surface area contributed by atoms with Crippen molar-refractivity contribution in [2.45, 2.75) is 5.54 Å². The van der Waals surface area contributed by atoms with Gasteiger partial charge in [-0.1, -0.05) is 60.7 Å². The van der Waals surface area contributed by atoms with E-state index in [4.69, 9.17) is 0 Å². The molecule has 2 bridgehead atoms. The maximum Gasteiger partial charge on any atom is 0.0843 e. The third-order valence-corrected chi connectivity index (χ3v) is 5.88. The van der Waals surface area contributed by atoms with Crippen molar-refractivity contribution in [3.63, 3.8) is 0 Å². The first kappa shape index (κ1) is 17.7. The van der Waals surface area contributed by atoms with Gasteiger partial charge in [0.15, 0.2) is 0 Å². The minimum absolute atomic E-state index is 0.134. The van der Waals surface area contributed by atoms with Crippen LogP contribution < -0.4 is 10.6 Å². The fourth-order valence-corrected chi connectivity index (χ4v) is 4.45. The Bertz CT molecular complexity index is 634. The molecule has 26 heavy (non-hydrogen) atoms. The van der Waals surface area contributed by atoms with E-state index in [0.717, 1.165) is 58.9 Å². The molecular formula is C22H30N4. The second kappa shape index (κ2) is 8.31. The van der Waals surface area contributed by atoms with Gasteiger partial charge in [-0.25, -0.2) is 0 Å². The Labute approximate surface area is 157 Å². The average Bonchev–Trinajstić information content (AvgIpc) is 2.87. The molecule has 0 saturated carbocycles. The van der Waals surface area contributed by atoms with E-state index in [1.54, 1.807) is 0 Å². The third-order valence-electron chi connectivity index (χ3n) is 5.88. The topological polar surface area (TPSA) is 30.5 Å². The maximum absolute atomic E-state index is 3.79. The molecule has 0 spiro atoms. The fraction of sp³-hybridized carbons (Fsp3) is 0.455. The Morgan fingerprint density at radius 2 is 1.19 bits per heavy atom. The van der Waals surface area contributed by atoms with Crippen molar-refractivity contribution in [1.29, 1.82) is 0 Å². The molecule has 4 rings (SSSR count). The van der Waals surface area contributed by atoms with Crippen LogP contribution in [0.5, 0.6) is 0 Å². The lowest BCUT2D eigenvalue weighted by Crippen LogP contribution is -2.55. The smallest absolute Gasteiger partial charge is 0.0843 e. The van der Waals surface area contributed by atoms with Crippen LogP contribution in [-0.2, 0) is 5.54 Å². The lowest BCUT2D eigenvalue weighted by atomic mass is 9.80. The molecule has 4 heteroatoms. The zero-order valence-electron chi connectivity index (χ0n) is 15.5. The SMILES string of the molecule is c1ccc(C2(c3ccccc3)CNCCN3CCNCCN2CC3)cc1. The number of benzene rings is 2. The number of nitrogens with zero attached hydrogens (tertiary/aromatic N) is 2. The van der Waals surface area contributed by atoms with Crippen LogP contribution in [0, 0.1) is 0 Å². The molecular weight excluding hydrogens is 320 g/mol. The van der Waals surface area contributed by atoms with Gasteiger partial charge in [0.1, 0.15) is 0 Å². The van der Waals surface area contributed by atoms with Gasteiger partial charge >= 0.3 is 0 Å². The van der Waals surface area contributed by atoms with Crippen LogP contribution in [0.1, 0.15) is 11.1 Å². The van der Waals surface area contributed by atoms with Gasteiger partial charge in [-0.3, -0.25) is 9.80 Å². The number of hydrogen-bond donors (Lipinski definition) is 2. The maximum atomic E-state index is 3.79. The summed E-state index contributed by atoms with van der Waals surface area (Å²) in [6.45, 7) is 9.63. The van der Waals surface area contributed by atoms with Gasteiger partial charge in [0.25, 0.3) is 0 Å². The van der Waals surface area contributed by atoms with Gasteiger partial charge in [-0.15, -0.1) is 0 Å². The molecule has 2 atom stereocenters. The summed E-state index contributed by atoms with van der Waals surface area (Å²) in [5.41, 5.74) is 2.63. The Hall–Kier alpha value is -1.72. The molecule has 2 fully saturated rings. The van der Waals surface area contributed by atoms with Crippen LogP contribution in [0.25, 0.3) is 0 Å². The van der Waals surface area contributed by atoms with Crippen molar-refractivity contribution in [3.05, 3.63) is 71.8 Å². The van der Waals surface area contributed by atoms with Crippen molar-refractivity contribution < 1.29 is 0 Å². The average molecular weight is 351 g/mol. The lowest BCUT2D eigenvalue weighted by molar-refractivity contribution is 0.119. The minimum atomic E-state index is -0.134. The van der Waals surface area contributed by atoms with Gasteiger partial charge in [-0.2, -0.15) is 0 Å². The van der Waals surface area contributed by atoms with Crippen molar-refractivity contribution in [2.24, 2.45) is 0 Å². The zero-order chi connectivity index (χ0) is 17.7. The van der Waals surface area contributed by atoms with Crippen molar-refractivity contribution in [1.82, 2.24) is 20.4 Å². The minimum Gasteiger partial charge on any atom is -0.314 e. The second-order valence-corrected chi connectivity index (χ2v) is 7.35. The highest BCUT2D eigenvalue weighted by molar-refractivity contribution is 5.39. The number of hydrogen-bond acceptors (Lipinski definition) is 4. The van der Waals surface area contributed by atoms with Crippen LogP contribution in [0.4, 0.5) is 0 Å². The van der Waals surface area contributed by atoms with E-state index in [1.807, 2.05) is 0 Å². The molecule has 2 aliphatic heterocycles. The van der Waals surface area contributed by atoms with Gasteiger partial charge in [0, 0.05) is 58.9 Å². The fourth-order valence-electron chi connectivity index (χ4n) is 4.45. The highest BCUT2D eigenvalue weighted by atomic mass is 15.3. The molecule has 2 N–H and O–H groups in total. The summed E-state index contributed by atoms with van der Waals surface area (Å²) in [4.78, 5) is 5.28. The summed E-state index contributed by atoms with van der Waals surface area (Å²) in [6.07, 6.45) is 0. The molecule has 2 aliphatic rings. The van der Waals surface area contributed by atoms with Crippen LogP contribution >= 0.6 is 0 Å². The summed E-state index contributed by atoms with van der Waals surface area (Å²) in [5.74, 6) is 0. The Morgan fingerprint density at radius 1 is 0.615 bits per heavy atom. The molecule has 138 valence electrons. The predicted molar refractivity (Wildman–Crippen MR) is 107 cm³/mol. The molecule has 2 saturated heterocycles. The molecule has 2 aromatic carbocycles. The van der Waals surface area contributed by atoms with Crippen LogP contribution in [-0.4, -0.2) is 68.7 Å². The number of rotatable bonds is 2.